The van der Waals surface area contributed by atoms with Crippen LogP contribution in [-0.4, -0.2) is 39.4 Å². The molecule has 4 rings (SSSR count). The highest BCUT2D eigenvalue weighted by molar-refractivity contribution is 5.80. The summed E-state index contributed by atoms with van der Waals surface area (Å²) in [5.74, 6) is 4.93. The second-order valence-electron chi connectivity index (χ2n) is 8.23. The maximum absolute atomic E-state index is 4.70. The minimum atomic E-state index is 0.388. The predicted molar refractivity (Wildman–Crippen MR) is 104 cm³/mol. The summed E-state index contributed by atoms with van der Waals surface area (Å²) in [7, 11) is 0. The average molecular weight is 359 g/mol. The van der Waals surface area contributed by atoms with E-state index in [-0.39, 0.29) is 0 Å². The zero-order valence-corrected chi connectivity index (χ0v) is 16.4. The van der Waals surface area contributed by atoms with Crippen molar-refractivity contribution in [1.82, 2.24) is 25.4 Å². The van der Waals surface area contributed by atoms with Crippen molar-refractivity contribution in [3.8, 4) is 0 Å². The number of aryl methyl sites for hydroxylation is 2. The van der Waals surface area contributed by atoms with Gasteiger partial charge in [-0.15, -0.1) is 0 Å². The lowest BCUT2D eigenvalue weighted by atomic mass is 9.85. The summed E-state index contributed by atoms with van der Waals surface area (Å²) in [5.41, 5.74) is 0. The number of aromatic nitrogens is 3. The summed E-state index contributed by atoms with van der Waals surface area (Å²) in [6, 6.07) is 1.02. The molecule has 2 heterocycles. The van der Waals surface area contributed by atoms with Crippen LogP contribution in [0.1, 0.15) is 70.4 Å². The molecule has 2 N–H and O–H groups in total. The van der Waals surface area contributed by atoms with E-state index in [1.807, 2.05) is 0 Å². The number of nitrogens with one attached hydrogen (secondary N) is 2. The van der Waals surface area contributed by atoms with Crippen LogP contribution in [0.4, 0.5) is 0 Å². The highest BCUT2D eigenvalue weighted by Gasteiger charge is 2.43. The van der Waals surface area contributed by atoms with Crippen molar-refractivity contribution in [3.05, 3.63) is 11.6 Å². The Morgan fingerprint density at radius 3 is 2.77 bits per heavy atom. The topological polar surface area (TPSA) is 67.1 Å². The molecule has 0 radical (unpaired) electrons. The van der Waals surface area contributed by atoms with Crippen molar-refractivity contribution >= 4 is 5.96 Å². The molecule has 0 amide bonds. The maximum atomic E-state index is 4.70. The molecule has 1 aromatic heterocycles. The molecule has 0 aromatic carbocycles. The number of fused-ring (bicyclic) bond motifs is 1. The van der Waals surface area contributed by atoms with Crippen molar-refractivity contribution in [2.45, 2.75) is 90.3 Å². The molecule has 3 aliphatic rings. The van der Waals surface area contributed by atoms with Crippen LogP contribution in [0.3, 0.4) is 0 Å². The molecule has 3 unspecified atom stereocenters. The van der Waals surface area contributed by atoms with Gasteiger partial charge in [-0.05, 0) is 31.6 Å². The maximum Gasteiger partial charge on any atom is 0.191 e. The van der Waals surface area contributed by atoms with Gasteiger partial charge in [0.05, 0.1) is 6.54 Å². The molecule has 26 heavy (non-hydrogen) atoms. The number of hydrogen-bond acceptors (Lipinski definition) is 3. The standard InChI is InChI=1S/C20H34N6/c1-3-18-24-19-11-10-15(13-26(19)25-18)22-20(21-4-2)23-17-12-16(17)14-8-6-5-7-9-14/h14-17H,3-13H2,1-2H3,(H2,21,22,23). The van der Waals surface area contributed by atoms with Gasteiger partial charge in [0, 0.05) is 31.5 Å². The van der Waals surface area contributed by atoms with Crippen molar-refractivity contribution in [3.63, 3.8) is 0 Å². The largest absolute Gasteiger partial charge is 0.353 e. The molecule has 0 spiro atoms. The van der Waals surface area contributed by atoms with Gasteiger partial charge in [-0.2, -0.15) is 5.10 Å². The zero-order chi connectivity index (χ0) is 17.9. The second kappa shape index (κ2) is 7.97. The molecule has 0 bridgehead atoms. The summed E-state index contributed by atoms with van der Waals surface area (Å²) in [5, 5.41) is 12.0. The van der Waals surface area contributed by atoms with E-state index in [0.717, 1.165) is 61.8 Å². The molecule has 1 aromatic rings. The van der Waals surface area contributed by atoms with E-state index in [2.05, 4.69) is 39.2 Å². The normalized spacial score (nSPS) is 29.3. The molecule has 144 valence electrons. The minimum Gasteiger partial charge on any atom is -0.353 e. The Bertz CT molecular complexity index is 630. The Hall–Kier alpha value is -1.59. The number of hydrogen-bond donors (Lipinski definition) is 2. The predicted octanol–water partition coefficient (Wildman–Crippen LogP) is 2.68. The molecule has 2 fully saturated rings. The minimum absolute atomic E-state index is 0.388. The van der Waals surface area contributed by atoms with E-state index >= 15 is 0 Å². The Morgan fingerprint density at radius 1 is 1.15 bits per heavy atom. The van der Waals surface area contributed by atoms with Gasteiger partial charge in [0.2, 0.25) is 0 Å². The Morgan fingerprint density at radius 2 is 2.00 bits per heavy atom. The highest BCUT2D eigenvalue weighted by atomic mass is 15.4. The lowest BCUT2D eigenvalue weighted by molar-refractivity contribution is 0.315. The summed E-state index contributed by atoms with van der Waals surface area (Å²) >= 11 is 0. The van der Waals surface area contributed by atoms with Gasteiger partial charge < -0.3 is 10.6 Å². The third-order valence-electron chi connectivity index (χ3n) is 6.29. The number of rotatable bonds is 5. The fourth-order valence-electron chi connectivity index (χ4n) is 4.75. The fourth-order valence-corrected chi connectivity index (χ4v) is 4.75. The average Bonchev–Trinajstić information content (AvgIpc) is 3.30. The van der Waals surface area contributed by atoms with Crippen LogP contribution in [0.15, 0.2) is 4.99 Å². The van der Waals surface area contributed by atoms with Crippen molar-refractivity contribution in [2.24, 2.45) is 16.8 Å². The molecule has 1 aliphatic heterocycles. The first-order valence-electron chi connectivity index (χ1n) is 10.8. The van der Waals surface area contributed by atoms with E-state index in [0.29, 0.717) is 12.1 Å². The monoisotopic (exact) mass is 358 g/mol. The van der Waals surface area contributed by atoms with E-state index in [4.69, 9.17) is 4.99 Å². The SMILES string of the molecule is CCN=C(NC1CCc2nc(CC)nn2C1)NC1CC1C1CCCCC1. The van der Waals surface area contributed by atoms with Gasteiger partial charge in [0.1, 0.15) is 5.82 Å². The third-order valence-corrected chi connectivity index (χ3v) is 6.29. The van der Waals surface area contributed by atoms with Crippen molar-refractivity contribution < 1.29 is 0 Å². The molecule has 6 nitrogen and oxygen atoms in total. The number of guanidine groups is 1. The summed E-state index contributed by atoms with van der Waals surface area (Å²) in [4.78, 5) is 9.32. The lowest BCUT2D eigenvalue weighted by Gasteiger charge is -2.26. The van der Waals surface area contributed by atoms with E-state index in [1.165, 1.54) is 38.5 Å². The summed E-state index contributed by atoms with van der Waals surface area (Å²) in [6.45, 7) is 5.94. The first kappa shape index (κ1) is 17.8. The van der Waals surface area contributed by atoms with E-state index < -0.39 is 0 Å². The molecule has 6 heteroatoms. The molecule has 0 saturated heterocycles. The third kappa shape index (κ3) is 4.04. The van der Waals surface area contributed by atoms with Crippen molar-refractivity contribution in [2.75, 3.05) is 6.54 Å². The molecule has 3 atom stereocenters. The van der Waals surface area contributed by atoms with Crippen LogP contribution in [0, 0.1) is 11.8 Å². The van der Waals surface area contributed by atoms with Gasteiger partial charge >= 0.3 is 0 Å². The van der Waals surface area contributed by atoms with Crippen LogP contribution in [0.25, 0.3) is 0 Å². The zero-order valence-electron chi connectivity index (χ0n) is 16.4. The first-order valence-corrected chi connectivity index (χ1v) is 10.8. The Balaban J connectivity index is 1.31. The van der Waals surface area contributed by atoms with Gasteiger partial charge in [0.25, 0.3) is 0 Å². The van der Waals surface area contributed by atoms with Crippen LogP contribution < -0.4 is 10.6 Å². The second-order valence-corrected chi connectivity index (χ2v) is 8.23. The molecular weight excluding hydrogens is 324 g/mol. The van der Waals surface area contributed by atoms with Gasteiger partial charge in [-0.1, -0.05) is 39.0 Å². The first-order chi connectivity index (χ1) is 12.8. The summed E-state index contributed by atoms with van der Waals surface area (Å²) in [6.07, 6.45) is 11.5. The smallest absolute Gasteiger partial charge is 0.191 e. The van der Waals surface area contributed by atoms with Crippen LogP contribution in [-0.2, 0) is 19.4 Å². The fraction of sp³-hybridized carbons (Fsp3) is 0.850. The highest BCUT2D eigenvalue weighted by Crippen LogP contribution is 2.44. The van der Waals surface area contributed by atoms with Crippen LogP contribution >= 0.6 is 0 Å². The Kier molecular flexibility index (Phi) is 5.46. The lowest BCUT2D eigenvalue weighted by Crippen LogP contribution is -2.48. The summed E-state index contributed by atoms with van der Waals surface area (Å²) < 4.78 is 2.09. The van der Waals surface area contributed by atoms with Crippen LogP contribution in [0.5, 0.6) is 0 Å². The number of nitrogens with zero attached hydrogens (tertiary/aromatic N) is 4. The van der Waals surface area contributed by atoms with Crippen molar-refractivity contribution in [1.29, 1.82) is 0 Å². The molecule has 2 saturated carbocycles. The van der Waals surface area contributed by atoms with Gasteiger partial charge in [0.15, 0.2) is 11.8 Å². The molecular formula is C20H34N6. The molecule has 2 aliphatic carbocycles. The van der Waals surface area contributed by atoms with Gasteiger partial charge in [-0.25, -0.2) is 9.67 Å². The number of aliphatic imine (C=N–C) groups is 1. The van der Waals surface area contributed by atoms with E-state index in [9.17, 15) is 0 Å². The van der Waals surface area contributed by atoms with E-state index in [1.54, 1.807) is 0 Å². The van der Waals surface area contributed by atoms with Crippen LogP contribution in [0.2, 0.25) is 0 Å². The Labute approximate surface area is 157 Å². The quantitative estimate of drug-likeness (QED) is 0.627. The van der Waals surface area contributed by atoms with Gasteiger partial charge in [-0.3, -0.25) is 4.99 Å².